The summed E-state index contributed by atoms with van der Waals surface area (Å²) in [5, 5.41) is 30.9. The molecule has 0 unspecified atom stereocenters. The molecule has 0 fully saturated rings. The lowest BCUT2D eigenvalue weighted by molar-refractivity contribution is -0.136. The molecule has 0 aliphatic heterocycles. The molecule has 1 heterocycles. The number of guanidine groups is 1. The number of carbonyl (C=O) groups is 10. The summed E-state index contributed by atoms with van der Waals surface area (Å²) in [7, 11) is 0. The first-order valence-electron chi connectivity index (χ1n) is 23.9. The molecular formula is C47H75N15O10. The molecule has 10 amide bonds. The highest BCUT2D eigenvalue weighted by Crippen LogP contribution is 2.14. The summed E-state index contributed by atoms with van der Waals surface area (Å²) in [6, 6.07) is 0.124. The minimum atomic E-state index is -1.32. The maximum atomic E-state index is 14.3. The number of nitrogens with one attached hydrogen (secondary N) is 11. The van der Waals surface area contributed by atoms with Crippen molar-refractivity contribution in [1.29, 1.82) is 5.41 Å². The highest BCUT2D eigenvalue weighted by Gasteiger charge is 2.36. The predicted octanol–water partition coefficient (Wildman–Crippen LogP) is -2.51. The fraction of sp³-hybridized carbons (Fsp3) is 0.574. The number of rotatable bonds is 32. The van der Waals surface area contributed by atoms with Gasteiger partial charge in [0.05, 0.1) is 18.6 Å². The molecule has 1 aromatic heterocycles. The van der Waals surface area contributed by atoms with Gasteiger partial charge in [-0.25, -0.2) is 4.98 Å². The van der Waals surface area contributed by atoms with Crippen molar-refractivity contribution in [3.63, 3.8) is 0 Å². The van der Waals surface area contributed by atoms with Crippen LogP contribution < -0.4 is 65.1 Å². The first kappa shape index (κ1) is 60.5. The third-order valence-corrected chi connectivity index (χ3v) is 11.4. The Balaban J connectivity index is 2.35. The van der Waals surface area contributed by atoms with E-state index >= 15 is 0 Å². The second kappa shape index (κ2) is 30.9. The summed E-state index contributed by atoms with van der Waals surface area (Å²) in [5.74, 6) is -8.84. The summed E-state index contributed by atoms with van der Waals surface area (Å²) >= 11 is 0. The molecule has 8 atom stereocenters. The topological polar surface area (TPSA) is 410 Å². The number of primary amides is 2. The summed E-state index contributed by atoms with van der Waals surface area (Å²) in [6.07, 6.45) is 3.32. The van der Waals surface area contributed by atoms with Crippen LogP contribution in [0.15, 0.2) is 42.9 Å². The van der Waals surface area contributed by atoms with Crippen LogP contribution in [0.2, 0.25) is 0 Å². The number of nitrogens with zero attached hydrogens (tertiary/aromatic N) is 1. The van der Waals surface area contributed by atoms with E-state index in [9.17, 15) is 47.9 Å². The van der Waals surface area contributed by atoms with Gasteiger partial charge in [-0.15, -0.1) is 0 Å². The standard InChI is InChI=1S/C47H75N15O10/c1-8-27(6)39(46(72)58-31(40(49)66)16-17-36(48)64)62-44(70)34(20-29-13-10-9-11-14-29)60-45(71)38(26(4)5)61-43(69)33(19-25(2)3)59-42(68)35(21-30-22-52-24-55-30)57-37(65)23-54-41(67)32(56-28(7)63)15-12-18-53-47(50)51/h9-11,13-14,22,24-27,31-35,38-39H,8,12,15-21,23H2,1-7H3,(H2,48,64)(H2,49,66)(H,52,55)(H,54,67)(H,56,63)(H,57,65)(H,58,72)(H,59,68)(H,60,71)(H,61,69)(H,62,70)(H4,50,51,53)/t27-,31-,32-,33-,34-,35-,38-,39-/m1/s1. The van der Waals surface area contributed by atoms with Crippen LogP contribution in [-0.2, 0) is 60.8 Å². The zero-order chi connectivity index (χ0) is 54.1. The molecule has 72 heavy (non-hydrogen) atoms. The largest absolute Gasteiger partial charge is 0.370 e. The number of H-pyrrole nitrogens is 1. The number of nitrogens with two attached hydrogens (primary N) is 3. The third kappa shape index (κ3) is 22.4. The lowest BCUT2D eigenvalue weighted by atomic mass is 9.96. The molecule has 2 rings (SSSR count). The number of carbonyl (C=O) groups excluding carboxylic acids is 10. The maximum absolute atomic E-state index is 14.3. The number of benzene rings is 1. The average molecular weight is 1010 g/mol. The summed E-state index contributed by atoms with van der Waals surface area (Å²) in [4.78, 5) is 139. The van der Waals surface area contributed by atoms with Gasteiger partial charge < -0.3 is 70.0 Å². The van der Waals surface area contributed by atoms with Crippen LogP contribution in [-0.4, -0.2) is 130 Å². The van der Waals surface area contributed by atoms with Crippen molar-refractivity contribution >= 4 is 65.0 Å². The molecular weight excluding hydrogens is 935 g/mol. The number of amides is 10. The minimum absolute atomic E-state index is 0.0385. The fourth-order valence-corrected chi connectivity index (χ4v) is 7.27. The highest BCUT2D eigenvalue weighted by atomic mass is 16.2. The van der Waals surface area contributed by atoms with E-state index < -0.39 is 120 Å². The Morgan fingerprint density at radius 1 is 0.653 bits per heavy atom. The molecule has 0 aliphatic carbocycles. The van der Waals surface area contributed by atoms with Crippen molar-refractivity contribution in [3.05, 3.63) is 54.1 Å². The van der Waals surface area contributed by atoms with Gasteiger partial charge in [0, 0.05) is 38.9 Å². The van der Waals surface area contributed by atoms with Gasteiger partial charge in [-0.05, 0) is 49.0 Å². The second-order valence-corrected chi connectivity index (χ2v) is 18.4. The Morgan fingerprint density at radius 2 is 1.24 bits per heavy atom. The van der Waals surface area contributed by atoms with E-state index in [1.54, 1.807) is 58.0 Å². The van der Waals surface area contributed by atoms with Crippen molar-refractivity contribution in [2.45, 2.75) is 142 Å². The van der Waals surface area contributed by atoms with Crippen LogP contribution in [0.1, 0.15) is 98.2 Å². The van der Waals surface area contributed by atoms with Gasteiger partial charge >= 0.3 is 0 Å². The van der Waals surface area contributed by atoms with E-state index in [-0.39, 0.29) is 56.9 Å². The molecule has 0 radical (unpaired) electrons. The lowest BCUT2D eigenvalue weighted by Crippen LogP contribution is -2.61. The smallest absolute Gasteiger partial charge is 0.243 e. The minimum Gasteiger partial charge on any atom is -0.370 e. The van der Waals surface area contributed by atoms with Crippen LogP contribution in [0.3, 0.4) is 0 Å². The average Bonchev–Trinajstić information content (AvgIpc) is 3.83. The molecule has 17 N–H and O–H groups in total. The van der Waals surface area contributed by atoms with Crippen LogP contribution >= 0.6 is 0 Å². The van der Waals surface area contributed by atoms with Crippen LogP contribution in [0.5, 0.6) is 0 Å². The molecule has 0 aliphatic rings. The van der Waals surface area contributed by atoms with Gasteiger partial charge in [0.1, 0.15) is 42.3 Å². The predicted molar refractivity (Wildman–Crippen MR) is 265 cm³/mol. The van der Waals surface area contributed by atoms with E-state index in [2.05, 4.69) is 57.8 Å². The zero-order valence-electron chi connectivity index (χ0n) is 42.1. The first-order valence-corrected chi connectivity index (χ1v) is 23.9. The third-order valence-electron chi connectivity index (χ3n) is 11.4. The van der Waals surface area contributed by atoms with Crippen LogP contribution in [0.25, 0.3) is 0 Å². The molecule has 398 valence electrons. The van der Waals surface area contributed by atoms with Crippen molar-refractivity contribution in [2.75, 3.05) is 13.1 Å². The van der Waals surface area contributed by atoms with Gasteiger partial charge in [0.15, 0.2) is 5.96 Å². The molecule has 2 aromatic rings. The number of aromatic nitrogens is 2. The number of hydrogen-bond donors (Lipinski definition) is 14. The van der Waals surface area contributed by atoms with Gasteiger partial charge in [0.2, 0.25) is 59.1 Å². The van der Waals surface area contributed by atoms with Gasteiger partial charge in [-0.2, -0.15) is 0 Å². The molecule has 25 nitrogen and oxygen atoms in total. The van der Waals surface area contributed by atoms with Gasteiger partial charge in [-0.3, -0.25) is 53.4 Å². The second-order valence-electron chi connectivity index (χ2n) is 18.4. The number of aromatic amines is 1. The molecule has 1 aromatic carbocycles. The van der Waals surface area contributed by atoms with Crippen molar-refractivity contribution in [3.8, 4) is 0 Å². The Kier molecular flexibility index (Phi) is 26.0. The van der Waals surface area contributed by atoms with Gasteiger partial charge in [-0.1, -0.05) is 78.3 Å². The lowest BCUT2D eigenvalue weighted by Gasteiger charge is -2.30. The van der Waals surface area contributed by atoms with Crippen LogP contribution in [0.4, 0.5) is 0 Å². The zero-order valence-corrected chi connectivity index (χ0v) is 42.1. The fourth-order valence-electron chi connectivity index (χ4n) is 7.27. The van der Waals surface area contributed by atoms with E-state index in [1.165, 1.54) is 19.4 Å². The van der Waals surface area contributed by atoms with Crippen LogP contribution in [0, 0.1) is 23.2 Å². The summed E-state index contributed by atoms with van der Waals surface area (Å²) in [6.45, 7) is 11.4. The summed E-state index contributed by atoms with van der Waals surface area (Å²) < 4.78 is 0. The summed E-state index contributed by atoms with van der Waals surface area (Å²) in [5.41, 5.74) is 17.1. The molecule has 25 heteroatoms. The molecule has 0 spiro atoms. The Hall–Kier alpha value is -7.60. The highest BCUT2D eigenvalue weighted by molar-refractivity contribution is 5.98. The normalized spacial score (nSPS) is 14.3. The molecule has 0 saturated heterocycles. The first-order chi connectivity index (χ1) is 33.9. The van der Waals surface area contributed by atoms with Crippen molar-refractivity contribution < 1.29 is 47.9 Å². The quantitative estimate of drug-likeness (QED) is 0.0205. The Morgan fingerprint density at radius 3 is 1.79 bits per heavy atom. The van der Waals surface area contributed by atoms with E-state index in [0.717, 1.165) is 0 Å². The van der Waals surface area contributed by atoms with E-state index in [0.29, 0.717) is 24.1 Å². The van der Waals surface area contributed by atoms with Crippen molar-refractivity contribution in [2.24, 2.45) is 35.0 Å². The van der Waals surface area contributed by atoms with Gasteiger partial charge in [0.25, 0.3) is 0 Å². The van der Waals surface area contributed by atoms with E-state index in [1.807, 2.05) is 13.8 Å². The van der Waals surface area contributed by atoms with E-state index in [4.69, 9.17) is 22.6 Å². The van der Waals surface area contributed by atoms with Crippen molar-refractivity contribution in [1.82, 2.24) is 57.8 Å². The monoisotopic (exact) mass is 1010 g/mol. The molecule has 0 bridgehead atoms. The number of imidazole rings is 1. The SMILES string of the molecule is CC[C@@H](C)[C@@H](NC(=O)[C@@H](Cc1ccccc1)NC(=O)[C@H](NC(=O)[C@@H](CC(C)C)NC(=O)[C@@H](Cc1c[nH]cn1)NC(=O)CNC(=O)[C@@H](CCCNC(=N)N)NC(C)=O)C(C)C)C(=O)N[C@H](CCC(N)=O)C(N)=O. The Bertz CT molecular complexity index is 2160. The Labute approximate surface area is 419 Å². The number of hydrogen-bond acceptors (Lipinski definition) is 12. The maximum Gasteiger partial charge on any atom is 0.243 e. The molecule has 0 saturated carbocycles.